The first-order valence-electron chi connectivity index (χ1n) is 5.54. The van der Waals surface area contributed by atoms with Crippen LogP contribution in [0.5, 0.6) is 5.75 Å². The van der Waals surface area contributed by atoms with Crippen LogP contribution >= 0.6 is 0 Å². The second-order valence-corrected chi connectivity index (χ2v) is 6.41. The lowest BCUT2D eigenvalue weighted by atomic mass is 10.2. The van der Waals surface area contributed by atoms with Crippen LogP contribution in [0.1, 0.15) is 26.3 Å². The SMILES string of the molecule is CCc1cc(O)ccc1S(=O)(=O)C(C)C(C)O. The molecule has 0 aliphatic heterocycles. The second kappa shape index (κ2) is 5.06. The third-order valence-electron chi connectivity index (χ3n) is 2.90. The van der Waals surface area contributed by atoms with Gasteiger partial charge in [-0.2, -0.15) is 0 Å². The Labute approximate surface area is 102 Å². The topological polar surface area (TPSA) is 74.6 Å². The summed E-state index contributed by atoms with van der Waals surface area (Å²) in [5.74, 6) is 0.0468. The third kappa shape index (κ3) is 2.79. The summed E-state index contributed by atoms with van der Waals surface area (Å²) in [6.07, 6.45) is -0.423. The van der Waals surface area contributed by atoms with Crippen LogP contribution in [0, 0.1) is 0 Å². The zero-order valence-electron chi connectivity index (χ0n) is 10.2. The van der Waals surface area contributed by atoms with Crippen molar-refractivity contribution in [2.45, 2.75) is 43.4 Å². The van der Waals surface area contributed by atoms with Crippen LogP contribution in [0.4, 0.5) is 0 Å². The summed E-state index contributed by atoms with van der Waals surface area (Å²) >= 11 is 0. The van der Waals surface area contributed by atoms with E-state index in [-0.39, 0.29) is 10.6 Å². The smallest absolute Gasteiger partial charge is 0.183 e. The first kappa shape index (κ1) is 14.0. The molecule has 0 heterocycles. The number of benzene rings is 1. The van der Waals surface area contributed by atoms with E-state index in [0.29, 0.717) is 12.0 Å². The summed E-state index contributed by atoms with van der Waals surface area (Å²) in [6, 6.07) is 4.19. The fourth-order valence-corrected chi connectivity index (χ4v) is 3.32. The maximum atomic E-state index is 12.2. The molecule has 0 saturated heterocycles. The van der Waals surface area contributed by atoms with E-state index in [1.807, 2.05) is 6.92 Å². The number of hydrogen-bond donors (Lipinski definition) is 2. The number of hydrogen-bond acceptors (Lipinski definition) is 4. The van der Waals surface area contributed by atoms with Crippen molar-refractivity contribution >= 4 is 9.84 Å². The Balaban J connectivity index is 3.33. The predicted molar refractivity (Wildman–Crippen MR) is 65.8 cm³/mol. The van der Waals surface area contributed by atoms with Gasteiger partial charge < -0.3 is 10.2 Å². The van der Waals surface area contributed by atoms with E-state index < -0.39 is 21.2 Å². The van der Waals surface area contributed by atoms with Gasteiger partial charge in [0.15, 0.2) is 9.84 Å². The van der Waals surface area contributed by atoms with Crippen LogP contribution in [0.3, 0.4) is 0 Å². The van der Waals surface area contributed by atoms with Crippen molar-refractivity contribution in [3.63, 3.8) is 0 Å². The minimum Gasteiger partial charge on any atom is -0.508 e. The van der Waals surface area contributed by atoms with Crippen molar-refractivity contribution in [2.24, 2.45) is 0 Å². The van der Waals surface area contributed by atoms with Gasteiger partial charge in [0.05, 0.1) is 16.2 Å². The molecule has 0 bridgehead atoms. The van der Waals surface area contributed by atoms with Gasteiger partial charge in [-0.1, -0.05) is 6.92 Å². The summed E-state index contributed by atoms with van der Waals surface area (Å²) < 4.78 is 24.4. The van der Waals surface area contributed by atoms with Crippen molar-refractivity contribution in [3.8, 4) is 5.75 Å². The number of aryl methyl sites for hydroxylation is 1. The Morgan fingerprint density at radius 1 is 1.29 bits per heavy atom. The van der Waals surface area contributed by atoms with Crippen molar-refractivity contribution < 1.29 is 18.6 Å². The Morgan fingerprint density at radius 2 is 1.88 bits per heavy atom. The maximum absolute atomic E-state index is 12.2. The number of phenols is 1. The second-order valence-electron chi connectivity index (χ2n) is 4.14. The van der Waals surface area contributed by atoms with Gasteiger partial charge in [-0.3, -0.25) is 0 Å². The molecule has 2 unspecified atom stereocenters. The molecule has 0 fully saturated rings. The average Bonchev–Trinajstić information content (AvgIpc) is 2.27. The van der Waals surface area contributed by atoms with Crippen LogP contribution in [0.25, 0.3) is 0 Å². The van der Waals surface area contributed by atoms with Gasteiger partial charge >= 0.3 is 0 Å². The van der Waals surface area contributed by atoms with E-state index in [1.54, 1.807) is 0 Å². The van der Waals surface area contributed by atoms with Gasteiger partial charge in [0.25, 0.3) is 0 Å². The summed E-state index contributed by atoms with van der Waals surface area (Å²) in [4.78, 5) is 0.186. The van der Waals surface area contributed by atoms with Gasteiger partial charge in [-0.15, -0.1) is 0 Å². The summed E-state index contributed by atoms with van der Waals surface area (Å²) in [7, 11) is -3.56. The molecule has 0 saturated carbocycles. The van der Waals surface area contributed by atoms with E-state index in [1.165, 1.54) is 32.0 Å². The van der Waals surface area contributed by atoms with Crippen molar-refractivity contribution in [1.82, 2.24) is 0 Å². The zero-order chi connectivity index (χ0) is 13.2. The molecule has 0 aliphatic carbocycles. The molecule has 2 atom stereocenters. The highest BCUT2D eigenvalue weighted by Gasteiger charge is 2.29. The molecule has 1 rings (SSSR count). The zero-order valence-corrected chi connectivity index (χ0v) is 11.0. The molecular weight excluding hydrogens is 240 g/mol. The molecule has 0 aromatic heterocycles. The molecular formula is C12H18O4S. The molecule has 96 valence electrons. The number of aliphatic hydroxyl groups excluding tert-OH is 1. The number of phenolic OH excluding ortho intramolecular Hbond substituents is 1. The van der Waals surface area contributed by atoms with Crippen LogP contribution < -0.4 is 0 Å². The molecule has 0 radical (unpaired) electrons. The van der Waals surface area contributed by atoms with Crippen molar-refractivity contribution in [2.75, 3.05) is 0 Å². The summed E-state index contributed by atoms with van der Waals surface area (Å²) in [5, 5.41) is 17.9. The Morgan fingerprint density at radius 3 is 2.35 bits per heavy atom. The largest absolute Gasteiger partial charge is 0.508 e. The minimum atomic E-state index is -3.56. The lowest BCUT2D eigenvalue weighted by molar-refractivity contribution is 0.193. The molecule has 1 aromatic rings. The van der Waals surface area contributed by atoms with Gasteiger partial charge in [0.1, 0.15) is 5.75 Å². The molecule has 17 heavy (non-hydrogen) atoms. The third-order valence-corrected chi connectivity index (χ3v) is 5.28. The number of sulfone groups is 1. The fraction of sp³-hybridized carbons (Fsp3) is 0.500. The first-order chi connectivity index (χ1) is 7.80. The normalized spacial score (nSPS) is 15.5. The number of rotatable bonds is 4. The minimum absolute atomic E-state index is 0.0468. The Hall–Kier alpha value is -1.07. The van der Waals surface area contributed by atoms with Crippen LogP contribution in [0.2, 0.25) is 0 Å². The maximum Gasteiger partial charge on any atom is 0.183 e. The highest BCUT2D eigenvalue weighted by Crippen LogP contribution is 2.25. The van der Waals surface area contributed by atoms with E-state index in [9.17, 15) is 18.6 Å². The van der Waals surface area contributed by atoms with Gasteiger partial charge in [-0.25, -0.2) is 8.42 Å². The van der Waals surface area contributed by atoms with E-state index in [2.05, 4.69) is 0 Å². The number of aliphatic hydroxyl groups is 1. The Kier molecular flexibility index (Phi) is 4.16. The van der Waals surface area contributed by atoms with Crippen LogP contribution in [-0.2, 0) is 16.3 Å². The quantitative estimate of drug-likeness (QED) is 0.858. The van der Waals surface area contributed by atoms with Gasteiger partial charge in [-0.05, 0) is 44.0 Å². The van der Waals surface area contributed by atoms with E-state index in [0.717, 1.165) is 0 Å². The lowest BCUT2D eigenvalue weighted by Gasteiger charge is -2.17. The molecule has 1 aromatic carbocycles. The van der Waals surface area contributed by atoms with Gasteiger partial charge in [0, 0.05) is 0 Å². The average molecular weight is 258 g/mol. The molecule has 5 heteroatoms. The highest BCUT2D eigenvalue weighted by molar-refractivity contribution is 7.92. The first-order valence-corrected chi connectivity index (χ1v) is 7.09. The highest BCUT2D eigenvalue weighted by atomic mass is 32.2. The predicted octanol–water partition coefficient (Wildman–Crippen LogP) is 1.50. The lowest BCUT2D eigenvalue weighted by Crippen LogP contribution is -2.29. The fourth-order valence-electron chi connectivity index (χ4n) is 1.58. The summed E-state index contributed by atoms with van der Waals surface area (Å²) in [6.45, 7) is 4.75. The standard InChI is InChI=1S/C12H18O4S/c1-4-10-7-11(14)5-6-12(10)17(15,16)9(3)8(2)13/h5-9,13-14H,4H2,1-3H3. The molecule has 0 amide bonds. The van der Waals surface area contributed by atoms with E-state index >= 15 is 0 Å². The van der Waals surface area contributed by atoms with Crippen molar-refractivity contribution in [3.05, 3.63) is 23.8 Å². The van der Waals surface area contributed by atoms with Gasteiger partial charge in [0.2, 0.25) is 0 Å². The monoisotopic (exact) mass is 258 g/mol. The van der Waals surface area contributed by atoms with Crippen LogP contribution in [0.15, 0.2) is 23.1 Å². The van der Waals surface area contributed by atoms with Crippen molar-refractivity contribution in [1.29, 1.82) is 0 Å². The summed E-state index contributed by atoms with van der Waals surface area (Å²) in [5.41, 5.74) is 0.567. The Bertz CT molecular complexity index is 491. The molecule has 2 N–H and O–H groups in total. The molecule has 4 nitrogen and oxygen atoms in total. The van der Waals surface area contributed by atoms with E-state index in [4.69, 9.17) is 0 Å². The molecule has 0 aliphatic rings. The molecule has 0 spiro atoms. The number of aromatic hydroxyl groups is 1. The van der Waals surface area contributed by atoms with Crippen LogP contribution in [-0.4, -0.2) is 30.0 Å².